The molecule has 2 aromatic carbocycles. The molecule has 0 aliphatic carbocycles. The summed E-state index contributed by atoms with van der Waals surface area (Å²) in [6, 6.07) is 8.93. The zero-order valence-corrected chi connectivity index (χ0v) is 20.1. The average molecular weight is 489 g/mol. The number of methoxy groups -OCH3 is 1. The zero-order valence-electron chi connectivity index (χ0n) is 20.1. The van der Waals surface area contributed by atoms with E-state index in [1.54, 1.807) is 32.9 Å². The number of primary amides is 1. The molecule has 0 radical (unpaired) electrons. The van der Waals surface area contributed by atoms with Crippen LogP contribution in [0, 0.1) is 5.82 Å². The van der Waals surface area contributed by atoms with Crippen LogP contribution in [0.5, 0.6) is 11.5 Å². The van der Waals surface area contributed by atoms with Gasteiger partial charge in [0.05, 0.1) is 20.1 Å². The summed E-state index contributed by atoms with van der Waals surface area (Å²) in [6.45, 7) is 4.71. The van der Waals surface area contributed by atoms with Crippen LogP contribution in [0.15, 0.2) is 36.4 Å². The molecule has 1 atom stereocenters. The van der Waals surface area contributed by atoms with Crippen molar-refractivity contribution in [1.29, 1.82) is 0 Å². The van der Waals surface area contributed by atoms with Gasteiger partial charge in [-0.25, -0.2) is 4.39 Å². The van der Waals surface area contributed by atoms with Crippen molar-refractivity contribution < 1.29 is 38.1 Å². The number of hydrogen-bond acceptors (Lipinski definition) is 7. The lowest BCUT2D eigenvalue weighted by Gasteiger charge is -2.34. The minimum Gasteiger partial charge on any atom is -0.497 e. The van der Waals surface area contributed by atoms with Crippen LogP contribution in [0.2, 0.25) is 0 Å². The number of halogens is 1. The summed E-state index contributed by atoms with van der Waals surface area (Å²) in [5, 5.41) is 11.1. The van der Waals surface area contributed by atoms with Crippen molar-refractivity contribution >= 4 is 17.8 Å². The van der Waals surface area contributed by atoms with Crippen LogP contribution in [-0.2, 0) is 27.5 Å². The van der Waals surface area contributed by atoms with Gasteiger partial charge in [0.25, 0.3) is 11.8 Å². The number of rotatable bonds is 9. The van der Waals surface area contributed by atoms with Crippen molar-refractivity contribution in [2.24, 2.45) is 5.73 Å². The molecule has 2 aromatic rings. The Morgan fingerprint density at radius 2 is 1.91 bits per heavy atom. The molecule has 0 spiro atoms. The predicted molar refractivity (Wildman–Crippen MR) is 123 cm³/mol. The third-order valence-electron chi connectivity index (χ3n) is 5.50. The number of aliphatic hydroxyl groups is 1. The Labute approximate surface area is 202 Å². The first-order valence-electron chi connectivity index (χ1n) is 11.0. The van der Waals surface area contributed by atoms with E-state index in [0.717, 1.165) is 4.90 Å². The van der Waals surface area contributed by atoms with Crippen molar-refractivity contribution in [3.8, 4) is 11.5 Å². The van der Waals surface area contributed by atoms with E-state index >= 15 is 0 Å². The molecule has 1 heterocycles. The van der Waals surface area contributed by atoms with Crippen LogP contribution < -0.4 is 15.2 Å². The van der Waals surface area contributed by atoms with Crippen molar-refractivity contribution in [1.82, 2.24) is 4.90 Å². The summed E-state index contributed by atoms with van der Waals surface area (Å²) in [5.41, 5.74) is 3.12. The highest BCUT2D eigenvalue weighted by Crippen LogP contribution is 2.36. The highest BCUT2D eigenvalue weighted by molar-refractivity contribution is 6.02. The van der Waals surface area contributed by atoms with Gasteiger partial charge in [0.15, 0.2) is 0 Å². The van der Waals surface area contributed by atoms with Gasteiger partial charge in [-0.15, -0.1) is 0 Å². The smallest absolute Gasteiger partial charge is 0.306 e. The van der Waals surface area contributed by atoms with Gasteiger partial charge >= 0.3 is 5.97 Å². The Morgan fingerprint density at radius 1 is 1.20 bits per heavy atom. The summed E-state index contributed by atoms with van der Waals surface area (Å²) in [4.78, 5) is 38.4. The fraction of sp³-hybridized carbons (Fsp3) is 0.400. The first-order chi connectivity index (χ1) is 16.4. The molecule has 1 aliphatic rings. The summed E-state index contributed by atoms with van der Waals surface area (Å²) >= 11 is 0. The Hall–Kier alpha value is -3.66. The SMILES string of the molecule is COc1ccc(F)c(COc2cccc3c2CN([C@](O)(CCC(=O)OC(C)(C)C)C(N)=O)C3=O)c1. The second kappa shape index (κ2) is 9.91. The third-order valence-corrected chi connectivity index (χ3v) is 5.50. The van der Waals surface area contributed by atoms with Crippen molar-refractivity contribution in [2.45, 2.75) is 58.1 Å². The molecule has 2 amide bonds. The van der Waals surface area contributed by atoms with Crippen molar-refractivity contribution in [3.05, 3.63) is 58.9 Å². The molecule has 9 nitrogen and oxygen atoms in total. The van der Waals surface area contributed by atoms with Gasteiger partial charge in [-0.1, -0.05) is 6.07 Å². The second-order valence-electron chi connectivity index (χ2n) is 9.19. The van der Waals surface area contributed by atoms with E-state index in [2.05, 4.69) is 0 Å². The summed E-state index contributed by atoms with van der Waals surface area (Å²) < 4.78 is 30.3. The Morgan fingerprint density at radius 3 is 2.54 bits per heavy atom. The number of carbonyl (C=O) groups is 3. The molecule has 3 rings (SSSR count). The van der Waals surface area contributed by atoms with Crippen molar-refractivity contribution in [2.75, 3.05) is 7.11 Å². The van der Waals surface area contributed by atoms with E-state index in [1.165, 1.54) is 31.4 Å². The van der Waals surface area contributed by atoms with Crippen LogP contribution in [-0.4, -0.2) is 46.2 Å². The topological polar surface area (TPSA) is 128 Å². The monoisotopic (exact) mass is 488 g/mol. The van der Waals surface area contributed by atoms with Gasteiger partial charge in [-0.2, -0.15) is 0 Å². The van der Waals surface area contributed by atoms with Crippen LogP contribution in [0.4, 0.5) is 4.39 Å². The summed E-state index contributed by atoms with van der Waals surface area (Å²) in [7, 11) is 1.46. The highest BCUT2D eigenvalue weighted by atomic mass is 19.1. The van der Waals surface area contributed by atoms with E-state index in [-0.39, 0.29) is 36.4 Å². The molecule has 35 heavy (non-hydrogen) atoms. The Balaban J connectivity index is 1.80. The Kier molecular flexibility index (Phi) is 7.35. The minimum atomic E-state index is -2.43. The number of benzene rings is 2. The van der Waals surface area contributed by atoms with Crippen LogP contribution in [0.25, 0.3) is 0 Å². The van der Waals surface area contributed by atoms with Gasteiger partial charge in [0, 0.05) is 23.1 Å². The van der Waals surface area contributed by atoms with E-state index in [1.807, 2.05) is 0 Å². The molecule has 3 N–H and O–H groups in total. The normalized spacial score (nSPS) is 14.8. The van der Waals surface area contributed by atoms with Gasteiger partial charge in [-0.3, -0.25) is 19.3 Å². The predicted octanol–water partition coefficient (Wildman–Crippen LogP) is 2.66. The molecule has 188 valence electrons. The first-order valence-corrected chi connectivity index (χ1v) is 11.0. The third kappa shape index (κ3) is 5.71. The van der Waals surface area contributed by atoms with E-state index in [9.17, 15) is 23.9 Å². The average Bonchev–Trinajstić information content (AvgIpc) is 3.13. The van der Waals surface area contributed by atoms with Crippen LogP contribution >= 0.6 is 0 Å². The number of hydrogen-bond donors (Lipinski definition) is 2. The maximum Gasteiger partial charge on any atom is 0.306 e. The van der Waals surface area contributed by atoms with Gasteiger partial charge < -0.3 is 25.1 Å². The number of fused-ring (bicyclic) bond motifs is 1. The summed E-state index contributed by atoms with van der Waals surface area (Å²) in [6.07, 6.45) is -0.780. The zero-order chi connectivity index (χ0) is 26.0. The fourth-order valence-electron chi connectivity index (χ4n) is 3.74. The lowest BCUT2D eigenvalue weighted by atomic mass is 10.0. The molecule has 0 bridgehead atoms. The standard InChI is InChI=1S/C25H29FN2O7/c1-24(2,3)35-21(29)10-11-25(32,23(27)31)28-13-18-17(22(28)30)6-5-7-20(18)34-14-15-12-16(33-4)8-9-19(15)26/h5-9,12,32H,10-11,13-14H2,1-4H3,(H2,27,31)/t25-/m0/s1. The molecular formula is C25H29FN2O7. The van der Waals surface area contributed by atoms with Crippen LogP contribution in [0.1, 0.15) is 55.1 Å². The molecular weight excluding hydrogens is 459 g/mol. The first kappa shape index (κ1) is 26.0. The number of amides is 2. The number of nitrogens with zero attached hydrogens (tertiary/aromatic N) is 1. The molecule has 0 unspecified atom stereocenters. The lowest BCUT2D eigenvalue weighted by molar-refractivity contribution is -0.164. The molecule has 0 fully saturated rings. The number of carbonyl (C=O) groups excluding carboxylic acids is 3. The van der Waals surface area contributed by atoms with E-state index < -0.39 is 41.3 Å². The number of ether oxygens (including phenoxy) is 3. The lowest BCUT2D eigenvalue weighted by Crippen LogP contribution is -2.58. The van der Waals surface area contributed by atoms with Gasteiger partial charge in [0.2, 0.25) is 5.72 Å². The number of nitrogens with two attached hydrogens (primary N) is 1. The largest absolute Gasteiger partial charge is 0.497 e. The van der Waals surface area contributed by atoms with Gasteiger partial charge in [-0.05, 0) is 51.1 Å². The highest BCUT2D eigenvalue weighted by Gasteiger charge is 2.48. The number of esters is 1. The fourth-order valence-corrected chi connectivity index (χ4v) is 3.74. The van der Waals surface area contributed by atoms with Crippen LogP contribution in [0.3, 0.4) is 0 Å². The molecule has 10 heteroatoms. The van der Waals surface area contributed by atoms with Gasteiger partial charge in [0.1, 0.15) is 29.5 Å². The quantitative estimate of drug-likeness (QED) is 0.519. The maximum absolute atomic E-state index is 14.2. The summed E-state index contributed by atoms with van der Waals surface area (Å²) in [5.74, 6) is -2.22. The van der Waals surface area contributed by atoms with Crippen molar-refractivity contribution in [3.63, 3.8) is 0 Å². The molecule has 0 aromatic heterocycles. The maximum atomic E-state index is 14.2. The Bertz CT molecular complexity index is 1150. The minimum absolute atomic E-state index is 0.146. The molecule has 0 saturated carbocycles. The second-order valence-corrected chi connectivity index (χ2v) is 9.19. The molecule has 1 aliphatic heterocycles. The van der Waals surface area contributed by atoms with E-state index in [4.69, 9.17) is 19.9 Å². The molecule has 0 saturated heterocycles. The van der Waals surface area contributed by atoms with E-state index in [0.29, 0.717) is 11.3 Å².